The van der Waals surface area contributed by atoms with Crippen molar-refractivity contribution >= 4 is 11.9 Å². The van der Waals surface area contributed by atoms with Crippen LogP contribution in [-0.2, 0) is 16.6 Å². The van der Waals surface area contributed by atoms with Crippen molar-refractivity contribution in [1.29, 1.82) is 0 Å². The second kappa shape index (κ2) is 5.75. The summed E-state index contributed by atoms with van der Waals surface area (Å²) in [6, 6.07) is 7.82. The first kappa shape index (κ1) is 15.1. The largest absolute Gasteiger partial charge is 0.480 e. The molecule has 7 nitrogen and oxygen atoms in total. The van der Waals surface area contributed by atoms with Gasteiger partial charge in [0.2, 0.25) is 0 Å². The molecule has 0 saturated carbocycles. The van der Waals surface area contributed by atoms with E-state index in [2.05, 4.69) is 10.4 Å². The van der Waals surface area contributed by atoms with Gasteiger partial charge in [0.15, 0.2) is 12.1 Å². The molecule has 1 aliphatic heterocycles. The van der Waals surface area contributed by atoms with Gasteiger partial charge in [0.1, 0.15) is 5.75 Å². The van der Waals surface area contributed by atoms with Gasteiger partial charge in [-0.2, -0.15) is 5.10 Å². The lowest BCUT2D eigenvalue weighted by Gasteiger charge is -2.19. The monoisotopic (exact) mass is 315 g/mol. The SMILES string of the molecule is C[C@H]1c2ccccc2O[C@H]1C(=O)NC(C(=O)O)c1ccnn1C. The second-order valence-corrected chi connectivity index (χ2v) is 5.52. The summed E-state index contributed by atoms with van der Waals surface area (Å²) >= 11 is 0. The van der Waals surface area contributed by atoms with Crippen molar-refractivity contribution in [2.24, 2.45) is 7.05 Å². The van der Waals surface area contributed by atoms with Gasteiger partial charge in [-0.25, -0.2) is 4.79 Å². The number of hydrogen-bond acceptors (Lipinski definition) is 4. The Labute approximate surface area is 132 Å². The predicted molar refractivity (Wildman–Crippen MR) is 81.0 cm³/mol. The number of aliphatic carboxylic acids is 1. The Bertz CT molecular complexity index is 755. The smallest absolute Gasteiger partial charge is 0.332 e. The van der Waals surface area contributed by atoms with Crippen molar-refractivity contribution < 1.29 is 19.4 Å². The van der Waals surface area contributed by atoms with E-state index >= 15 is 0 Å². The minimum absolute atomic E-state index is 0.146. The van der Waals surface area contributed by atoms with E-state index in [1.165, 1.54) is 10.9 Å². The summed E-state index contributed by atoms with van der Waals surface area (Å²) in [7, 11) is 1.63. The third-order valence-electron chi connectivity index (χ3n) is 4.06. The summed E-state index contributed by atoms with van der Waals surface area (Å²) in [5.41, 5.74) is 1.34. The van der Waals surface area contributed by atoms with E-state index in [1.54, 1.807) is 19.2 Å². The third-order valence-corrected chi connectivity index (χ3v) is 4.06. The van der Waals surface area contributed by atoms with Gasteiger partial charge >= 0.3 is 5.97 Å². The van der Waals surface area contributed by atoms with Crippen LogP contribution in [0, 0.1) is 0 Å². The first-order chi connectivity index (χ1) is 11.0. The van der Waals surface area contributed by atoms with Crippen LogP contribution in [0.1, 0.15) is 30.1 Å². The summed E-state index contributed by atoms with van der Waals surface area (Å²) in [6.07, 6.45) is 0.740. The Balaban J connectivity index is 1.79. The molecule has 0 bridgehead atoms. The summed E-state index contributed by atoms with van der Waals surface area (Å²) in [6.45, 7) is 1.88. The quantitative estimate of drug-likeness (QED) is 0.885. The molecule has 7 heteroatoms. The molecule has 2 heterocycles. The Kier molecular flexibility index (Phi) is 3.77. The predicted octanol–water partition coefficient (Wildman–Crippen LogP) is 1.23. The van der Waals surface area contributed by atoms with Gasteiger partial charge in [-0.15, -0.1) is 0 Å². The summed E-state index contributed by atoms with van der Waals surface area (Å²) in [4.78, 5) is 24.0. The normalized spacial score (nSPS) is 20.4. The summed E-state index contributed by atoms with van der Waals surface area (Å²) < 4.78 is 7.11. The van der Waals surface area contributed by atoms with Crippen LogP contribution in [0.3, 0.4) is 0 Å². The van der Waals surface area contributed by atoms with E-state index in [0.717, 1.165) is 5.56 Å². The highest BCUT2D eigenvalue weighted by atomic mass is 16.5. The molecule has 1 aromatic heterocycles. The standard InChI is InChI=1S/C16H17N3O4/c1-9-10-5-3-4-6-12(10)23-14(9)15(20)18-13(16(21)22)11-7-8-17-19(11)2/h3-9,13-14H,1-2H3,(H,18,20)(H,21,22)/t9-,13?,14+/m0/s1. The highest BCUT2D eigenvalue weighted by Crippen LogP contribution is 2.37. The van der Waals surface area contributed by atoms with Gasteiger partial charge in [-0.05, 0) is 12.1 Å². The van der Waals surface area contributed by atoms with E-state index in [-0.39, 0.29) is 5.92 Å². The number of rotatable bonds is 4. The molecule has 1 aliphatic rings. The number of nitrogens with zero attached hydrogens (tertiary/aromatic N) is 2. The molecule has 3 atom stereocenters. The van der Waals surface area contributed by atoms with E-state index in [9.17, 15) is 14.7 Å². The number of benzene rings is 1. The van der Waals surface area contributed by atoms with E-state index in [1.807, 2.05) is 25.1 Å². The molecule has 0 fully saturated rings. The zero-order valence-corrected chi connectivity index (χ0v) is 12.8. The highest BCUT2D eigenvalue weighted by molar-refractivity contribution is 5.88. The molecule has 23 heavy (non-hydrogen) atoms. The average Bonchev–Trinajstić information content (AvgIpc) is 3.09. The zero-order chi connectivity index (χ0) is 16.6. The Morgan fingerprint density at radius 2 is 2.09 bits per heavy atom. The molecule has 1 amide bonds. The number of ether oxygens (including phenoxy) is 1. The minimum atomic E-state index is -1.17. The number of aromatic nitrogens is 2. The molecule has 3 rings (SSSR count). The molecule has 1 unspecified atom stereocenters. The van der Waals surface area contributed by atoms with Gasteiger partial charge in [0, 0.05) is 24.7 Å². The molecule has 1 aromatic carbocycles. The van der Waals surface area contributed by atoms with Crippen LogP contribution in [0.5, 0.6) is 5.75 Å². The van der Waals surface area contributed by atoms with Gasteiger partial charge < -0.3 is 15.2 Å². The van der Waals surface area contributed by atoms with Gasteiger partial charge in [-0.1, -0.05) is 25.1 Å². The first-order valence-electron chi connectivity index (χ1n) is 7.25. The van der Waals surface area contributed by atoms with Gasteiger partial charge in [0.25, 0.3) is 5.91 Å². The van der Waals surface area contributed by atoms with Crippen LogP contribution >= 0.6 is 0 Å². The number of carboxylic acid groups (broad SMARTS) is 1. The van der Waals surface area contributed by atoms with Crippen molar-refractivity contribution in [3.63, 3.8) is 0 Å². The molecule has 2 N–H and O–H groups in total. The number of fused-ring (bicyclic) bond motifs is 1. The highest BCUT2D eigenvalue weighted by Gasteiger charge is 2.38. The van der Waals surface area contributed by atoms with Crippen molar-refractivity contribution in [2.45, 2.75) is 25.0 Å². The fourth-order valence-electron chi connectivity index (χ4n) is 2.80. The number of carboxylic acids is 1. The average molecular weight is 315 g/mol. The fourth-order valence-corrected chi connectivity index (χ4v) is 2.80. The van der Waals surface area contributed by atoms with Crippen LogP contribution in [0.15, 0.2) is 36.5 Å². The molecule has 0 saturated heterocycles. The second-order valence-electron chi connectivity index (χ2n) is 5.52. The maximum Gasteiger partial charge on any atom is 0.332 e. The van der Waals surface area contributed by atoms with Crippen molar-refractivity contribution in [3.8, 4) is 5.75 Å². The number of carbonyl (C=O) groups excluding carboxylic acids is 1. The Morgan fingerprint density at radius 3 is 2.70 bits per heavy atom. The molecular formula is C16H17N3O4. The lowest BCUT2D eigenvalue weighted by molar-refractivity contribution is -0.143. The van der Waals surface area contributed by atoms with Crippen LogP contribution in [0.25, 0.3) is 0 Å². The molecule has 0 radical (unpaired) electrons. The van der Waals surface area contributed by atoms with Crippen LogP contribution in [-0.4, -0.2) is 32.9 Å². The zero-order valence-electron chi connectivity index (χ0n) is 12.8. The van der Waals surface area contributed by atoms with Gasteiger partial charge in [-0.3, -0.25) is 9.48 Å². The molecule has 120 valence electrons. The van der Waals surface area contributed by atoms with Crippen molar-refractivity contribution in [1.82, 2.24) is 15.1 Å². The van der Waals surface area contributed by atoms with Crippen molar-refractivity contribution in [3.05, 3.63) is 47.8 Å². The van der Waals surface area contributed by atoms with E-state index in [4.69, 9.17) is 4.74 Å². The Morgan fingerprint density at radius 1 is 1.35 bits per heavy atom. The van der Waals surface area contributed by atoms with Gasteiger partial charge in [0.05, 0.1) is 5.69 Å². The lowest BCUT2D eigenvalue weighted by Crippen LogP contribution is -2.43. The third kappa shape index (κ3) is 2.65. The molecular weight excluding hydrogens is 298 g/mol. The van der Waals surface area contributed by atoms with Crippen LogP contribution < -0.4 is 10.1 Å². The number of amides is 1. The summed E-state index contributed by atoms with van der Waals surface area (Å²) in [5.74, 6) is -1.09. The Hall–Kier alpha value is -2.83. The van der Waals surface area contributed by atoms with Crippen molar-refractivity contribution in [2.75, 3.05) is 0 Å². The van der Waals surface area contributed by atoms with E-state index in [0.29, 0.717) is 11.4 Å². The number of para-hydroxylation sites is 1. The molecule has 2 aromatic rings. The summed E-state index contributed by atoms with van der Waals surface area (Å²) in [5, 5.41) is 15.9. The molecule has 0 aliphatic carbocycles. The molecule has 0 spiro atoms. The maximum atomic E-state index is 12.5. The number of carbonyl (C=O) groups is 2. The number of hydrogen-bond donors (Lipinski definition) is 2. The number of nitrogens with one attached hydrogen (secondary N) is 1. The minimum Gasteiger partial charge on any atom is -0.480 e. The topological polar surface area (TPSA) is 93.4 Å². The maximum absolute atomic E-state index is 12.5. The fraction of sp³-hybridized carbons (Fsp3) is 0.312. The van der Waals surface area contributed by atoms with E-state index < -0.39 is 24.0 Å². The van der Waals surface area contributed by atoms with Crippen LogP contribution in [0.4, 0.5) is 0 Å². The van der Waals surface area contributed by atoms with Crippen LogP contribution in [0.2, 0.25) is 0 Å². The number of aryl methyl sites for hydroxylation is 1. The lowest BCUT2D eigenvalue weighted by atomic mass is 9.97. The first-order valence-corrected chi connectivity index (χ1v) is 7.25.